The number of anilines is 1. The van der Waals surface area contributed by atoms with E-state index in [4.69, 9.17) is 4.74 Å². The SMILES string of the molecule is CC(=O)c1ccc(N2CCOC(C)(C)C2)cc1Br. The van der Waals surface area contributed by atoms with E-state index in [1.165, 1.54) is 0 Å². The van der Waals surface area contributed by atoms with Crippen LogP contribution in [0.1, 0.15) is 31.1 Å². The quantitative estimate of drug-likeness (QED) is 0.785. The molecule has 0 atom stereocenters. The highest BCUT2D eigenvalue weighted by molar-refractivity contribution is 9.10. The Labute approximate surface area is 116 Å². The molecule has 1 saturated heterocycles. The van der Waals surface area contributed by atoms with Crippen molar-refractivity contribution in [2.24, 2.45) is 0 Å². The summed E-state index contributed by atoms with van der Waals surface area (Å²) in [5, 5.41) is 0. The molecule has 0 N–H and O–H groups in total. The second kappa shape index (κ2) is 5.02. The Hall–Kier alpha value is -0.870. The lowest BCUT2D eigenvalue weighted by Gasteiger charge is -2.39. The number of ketones is 1. The van der Waals surface area contributed by atoms with E-state index in [0.717, 1.165) is 35.4 Å². The van der Waals surface area contributed by atoms with Crippen LogP contribution in [0.25, 0.3) is 0 Å². The second-order valence-electron chi connectivity index (χ2n) is 5.25. The molecule has 2 rings (SSSR count). The maximum Gasteiger partial charge on any atom is 0.160 e. The second-order valence-corrected chi connectivity index (χ2v) is 6.10. The number of carbonyl (C=O) groups excluding carboxylic acids is 1. The highest BCUT2D eigenvalue weighted by atomic mass is 79.9. The van der Waals surface area contributed by atoms with E-state index in [0.29, 0.717) is 0 Å². The largest absolute Gasteiger partial charge is 0.372 e. The van der Waals surface area contributed by atoms with Crippen molar-refractivity contribution >= 4 is 27.4 Å². The van der Waals surface area contributed by atoms with Gasteiger partial charge < -0.3 is 9.64 Å². The summed E-state index contributed by atoms with van der Waals surface area (Å²) in [5.41, 5.74) is 1.73. The summed E-state index contributed by atoms with van der Waals surface area (Å²) >= 11 is 3.46. The van der Waals surface area contributed by atoms with Crippen molar-refractivity contribution < 1.29 is 9.53 Å². The molecular weight excluding hydrogens is 294 g/mol. The van der Waals surface area contributed by atoms with Gasteiger partial charge in [0.1, 0.15) is 0 Å². The maximum atomic E-state index is 11.4. The number of benzene rings is 1. The van der Waals surface area contributed by atoms with Gasteiger partial charge >= 0.3 is 0 Å². The van der Waals surface area contributed by atoms with Crippen LogP contribution in [0.2, 0.25) is 0 Å². The molecule has 0 aliphatic carbocycles. The predicted octanol–water partition coefficient (Wildman–Crippen LogP) is 3.27. The molecule has 18 heavy (non-hydrogen) atoms. The molecule has 0 spiro atoms. The van der Waals surface area contributed by atoms with E-state index in [1.807, 2.05) is 18.2 Å². The first-order chi connectivity index (χ1) is 8.39. The molecule has 4 heteroatoms. The van der Waals surface area contributed by atoms with Gasteiger partial charge in [0, 0.05) is 28.8 Å². The number of ether oxygens (including phenoxy) is 1. The summed E-state index contributed by atoms with van der Waals surface area (Å²) in [7, 11) is 0. The van der Waals surface area contributed by atoms with Crippen LogP contribution >= 0.6 is 15.9 Å². The summed E-state index contributed by atoms with van der Waals surface area (Å²) in [6.45, 7) is 8.25. The third-order valence-corrected chi connectivity index (χ3v) is 3.78. The fourth-order valence-corrected chi connectivity index (χ4v) is 2.87. The fraction of sp³-hybridized carbons (Fsp3) is 0.500. The molecule has 1 aliphatic heterocycles. The molecule has 0 saturated carbocycles. The maximum absolute atomic E-state index is 11.4. The van der Waals surface area contributed by atoms with Crippen LogP contribution < -0.4 is 4.90 Å². The average Bonchev–Trinajstić information content (AvgIpc) is 2.27. The molecule has 0 radical (unpaired) electrons. The zero-order chi connectivity index (χ0) is 13.3. The van der Waals surface area contributed by atoms with Crippen LogP contribution in [0.4, 0.5) is 5.69 Å². The topological polar surface area (TPSA) is 29.5 Å². The summed E-state index contributed by atoms with van der Waals surface area (Å²) in [5.74, 6) is 0.0794. The Kier molecular flexibility index (Phi) is 3.78. The molecule has 1 aromatic carbocycles. The zero-order valence-electron chi connectivity index (χ0n) is 11.0. The molecule has 1 aromatic rings. The van der Waals surface area contributed by atoms with Gasteiger partial charge in [0.15, 0.2) is 5.78 Å². The van der Waals surface area contributed by atoms with Gasteiger partial charge in [0.05, 0.1) is 12.2 Å². The van der Waals surface area contributed by atoms with E-state index in [2.05, 4.69) is 34.7 Å². The van der Waals surface area contributed by atoms with E-state index in [1.54, 1.807) is 6.92 Å². The van der Waals surface area contributed by atoms with Gasteiger partial charge in [0.2, 0.25) is 0 Å². The first-order valence-corrected chi connectivity index (χ1v) is 6.88. The van der Waals surface area contributed by atoms with Crippen LogP contribution in [0.5, 0.6) is 0 Å². The zero-order valence-corrected chi connectivity index (χ0v) is 12.6. The normalized spacial score (nSPS) is 18.8. The monoisotopic (exact) mass is 311 g/mol. The van der Waals surface area contributed by atoms with Crippen molar-refractivity contribution in [2.45, 2.75) is 26.4 Å². The van der Waals surface area contributed by atoms with Gasteiger partial charge in [-0.15, -0.1) is 0 Å². The number of halogens is 1. The number of carbonyl (C=O) groups is 1. The Morgan fingerprint density at radius 2 is 2.17 bits per heavy atom. The van der Waals surface area contributed by atoms with Crippen LogP contribution in [0, 0.1) is 0 Å². The number of hydrogen-bond donors (Lipinski definition) is 0. The molecule has 1 heterocycles. The minimum absolute atomic E-state index is 0.0794. The summed E-state index contributed by atoms with van der Waals surface area (Å²) in [4.78, 5) is 13.7. The van der Waals surface area contributed by atoms with Gasteiger partial charge in [-0.2, -0.15) is 0 Å². The molecular formula is C14H18BrNO2. The molecule has 3 nitrogen and oxygen atoms in total. The number of hydrogen-bond acceptors (Lipinski definition) is 3. The van der Waals surface area contributed by atoms with Crippen molar-refractivity contribution in [2.75, 3.05) is 24.6 Å². The smallest absolute Gasteiger partial charge is 0.160 e. The van der Waals surface area contributed by atoms with Gasteiger partial charge in [0.25, 0.3) is 0 Å². The van der Waals surface area contributed by atoms with E-state index in [9.17, 15) is 4.79 Å². The summed E-state index contributed by atoms with van der Waals surface area (Å²) in [6, 6.07) is 5.89. The number of Topliss-reactive ketones (excluding diaryl/α,β-unsaturated/α-hetero) is 1. The third kappa shape index (κ3) is 2.93. The predicted molar refractivity (Wildman–Crippen MR) is 76.4 cm³/mol. The minimum Gasteiger partial charge on any atom is -0.372 e. The lowest BCUT2D eigenvalue weighted by Crippen LogP contribution is -2.48. The standard InChI is InChI=1S/C14H18BrNO2/c1-10(17)12-5-4-11(8-13(12)15)16-6-7-18-14(2,3)9-16/h4-5,8H,6-7,9H2,1-3H3. The van der Waals surface area contributed by atoms with E-state index in [-0.39, 0.29) is 11.4 Å². The highest BCUT2D eigenvalue weighted by Gasteiger charge is 2.27. The number of morpholine rings is 1. The molecule has 0 unspecified atom stereocenters. The van der Waals surface area contributed by atoms with Crippen LogP contribution in [-0.4, -0.2) is 31.1 Å². The Morgan fingerprint density at radius 1 is 1.44 bits per heavy atom. The Morgan fingerprint density at radius 3 is 2.72 bits per heavy atom. The van der Waals surface area contributed by atoms with Crippen LogP contribution in [0.3, 0.4) is 0 Å². The van der Waals surface area contributed by atoms with Gasteiger partial charge in [-0.1, -0.05) is 0 Å². The first kappa shape index (κ1) is 13.6. The van der Waals surface area contributed by atoms with Crippen molar-refractivity contribution in [3.63, 3.8) is 0 Å². The molecule has 1 fully saturated rings. The molecule has 0 amide bonds. The lowest BCUT2D eigenvalue weighted by molar-refractivity contribution is -0.0276. The first-order valence-electron chi connectivity index (χ1n) is 6.08. The molecule has 1 aliphatic rings. The third-order valence-electron chi connectivity index (χ3n) is 3.12. The summed E-state index contributed by atoms with van der Waals surface area (Å²) in [6.07, 6.45) is 0. The minimum atomic E-state index is -0.121. The fourth-order valence-electron chi connectivity index (χ4n) is 2.22. The van der Waals surface area contributed by atoms with Crippen molar-refractivity contribution in [3.05, 3.63) is 28.2 Å². The summed E-state index contributed by atoms with van der Waals surface area (Å²) < 4.78 is 6.56. The van der Waals surface area contributed by atoms with E-state index >= 15 is 0 Å². The molecule has 0 aromatic heterocycles. The van der Waals surface area contributed by atoms with Gasteiger partial charge in [-0.25, -0.2) is 0 Å². The van der Waals surface area contributed by atoms with Crippen LogP contribution in [0.15, 0.2) is 22.7 Å². The van der Waals surface area contributed by atoms with E-state index < -0.39 is 0 Å². The molecule has 0 bridgehead atoms. The molecule has 98 valence electrons. The van der Waals surface area contributed by atoms with Crippen molar-refractivity contribution in [1.29, 1.82) is 0 Å². The van der Waals surface area contributed by atoms with Crippen molar-refractivity contribution in [3.8, 4) is 0 Å². The van der Waals surface area contributed by atoms with Gasteiger partial charge in [-0.3, -0.25) is 4.79 Å². The van der Waals surface area contributed by atoms with Gasteiger partial charge in [-0.05, 0) is 54.9 Å². The number of nitrogens with zero attached hydrogens (tertiary/aromatic N) is 1. The van der Waals surface area contributed by atoms with Crippen molar-refractivity contribution in [1.82, 2.24) is 0 Å². The lowest BCUT2D eigenvalue weighted by atomic mass is 10.1. The number of rotatable bonds is 2. The van der Waals surface area contributed by atoms with Crippen LogP contribution in [-0.2, 0) is 4.74 Å². The highest BCUT2D eigenvalue weighted by Crippen LogP contribution is 2.27. The Bertz CT molecular complexity index is 471. The Balaban J connectivity index is 2.24. The average molecular weight is 312 g/mol.